The van der Waals surface area contributed by atoms with Gasteiger partial charge in [0.1, 0.15) is 5.52 Å². The van der Waals surface area contributed by atoms with E-state index in [1.54, 1.807) is 44.2 Å². The number of carbonyl (C=O) groups is 1. The largest absolute Gasteiger partial charge is 0.441 e. The van der Waals surface area contributed by atoms with E-state index in [-0.39, 0.29) is 18.0 Å². The molecule has 0 radical (unpaired) electrons. The van der Waals surface area contributed by atoms with Crippen molar-refractivity contribution < 1.29 is 14.1 Å². The van der Waals surface area contributed by atoms with Crippen molar-refractivity contribution in [1.29, 1.82) is 0 Å². The highest BCUT2D eigenvalue weighted by atomic mass is 16.6. The van der Waals surface area contributed by atoms with Crippen molar-refractivity contribution in [3.63, 3.8) is 0 Å². The van der Waals surface area contributed by atoms with Crippen LogP contribution in [0, 0.1) is 24.0 Å². The van der Waals surface area contributed by atoms with Gasteiger partial charge in [-0.1, -0.05) is 12.1 Å². The smallest absolute Gasteiger partial charge is 0.272 e. The van der Waals surface area contributed by atoms with Crippen molar-refractivity contribution in [2.75, 3.05) is 5.32 Å². The molecule has 122 valence electrons. The molecule has 1 heterocycles. The molecule has 0 aliphatic heterocycles. The highest BCUT2D eigenvalue weighted by molar-refractivity contribution is 5.94. The standard InChI is InChI=1S/C17H15N3O4/c1-10-12(4-3-5-15(10)20(22)23)8-17(21)19-13-6-7-14-16(9-13)24-11(2)18-14/h3-7,9H,8H2,1-2H3,(H,19,21). The van der Waals surface area contributed by atoms with Gasteiger partial charge in [0.05, 0.1) is 11.3 Å². The third-order valence-electron chi connectivity index (χ3n) is 3.74. The second kappa shape index (κ2) is 6.11. The fraction of sp³-hybridized carbons (Fsp3) is 0.176. The zero-order chi connectivity index (χ0) is 17.3. The summed E-state index contributed by atoms with van der Waals surface area (Å²) in [6.07, 6.45) is 0.0565. The second-order valence-corrected chi connectivity index (χ2v) is 5.46. The molecular weight excluding hydrogens is 310 g/mol. The summed E-state index contributed by atoms with van der Waals surface area (Å²) in [4.78, 5) is 26.9. The summed E-state index contributed by atoms with van der Waals surface area (Å²) in [6, 6.07) is 9.93. The molecule has 1 N–H and O–H groups in total. The lowest BCUT2D eigenvalue weighted by molar-refractivity contribution is -0.385. The van der Waals surface area contributed by atoms with Crippen LogP contribution in [0.25, 0.3) is 11.1 Å². The Bertz CT molecular complexity index is 946. The number of aryl methyl sites for hydroxylation is 1. The molecule has 7 heteroatoms. The van der Waals surface area contributed by atoms with Crippen molar-refractivity contribution in [2.24, 2.45) is 0 Å². The Kier molecular flexibility index (Phi) is 3.99. The van der Waals surface area contributed by atoms with Crippen molar-refractivity contribution in [1.82, 2.24) is 4.98 Å². The molecule has 1 amide bonds. The minimum Gasteiger partial charge on any atom is -0.441 e. The molecule has 0 unspecified atom stereocenters. The lowest BCUT2D eigenvalue weighted by Gasteiger charge is -2.07. The second-order valence-electron chi connectivity index (χ2n) is 5.46. The molecule has 0 saturated heterocycles. The first-order valence-corrected chi connectivity index (χ1v) is 7.34. The lowest BCUT2D eigenvalue weighted by Crippen LogP contribution is -2.15. The van der Waals surface area contributed by atoms with E-state index in [1.165, 1.54) is 6.07 Å². The number of nitrogens with one attached hydrogen (secondary N) is 1. The Morgan fingerprint density at radius 1 is 1.29 bits per heavy atom. The Morgan fingerprint density at radius 3 is 2.83 bits per heavy atom. The highest BCUT2D eigenvalue weighted by Gasteiger charge is 2.15. The predicted octanol–water partition coefficient (Wildman–Crippen LogP) is 3.53. The van der Waals surface area contributed by atoms with Crippen LogP contribution >= 0.6 is 0 Å². The van der Waals surface area contributed by atoms with Gasteiger partial charge in [0.15, 0.2) is 11.5 Å². The fourth-order valence-corrected chi connectivity index (χ4v) is 2.55. The average molecular weight is 325 g/mol. The molecule has 7 nitrogen and oxygen atoms in total. The molecule has 0 aliphatic carbocycles. The number of fused-ring (bicyclic) bond motifs is 1. The van der Waals surface area contributed by atoms with Gasteiger partial charge >= 0.3 is 0 Å². The average Bonchev–Trinajstić information content (AvgIpc) is 2.88. The number of hydrogen-bond acceptors (Lipinski definition) is 5. The van der Waals surface area contributed by atoms with Crippen LogP contribution in [0.4, 0.5) is 11.4 Å². The Labute approximate surface area is 137 Å². The van der Waals surface area contributed by atoms with Crippen LogP contribution in [-0.2, 0) is 11.2 Å². The maximum atomic E-state index is 12.2. The zero-order valence-electron chi connectivity index (χ0n) is 13.2. The van der Waals surface area contributed by atoms with Gasteiger partial charge in [-0.3, -0.25) is 14.9 Å². The fourth-order valence-electron chi connectivity index (χ4n) is 2.55. The quantitative estimate of drug-likeness (QED) is 0.584. The molecule has 3 rings (SSSR count). The van der Waals surface area contributed by atoms with Crippen LogP contribution in [0.3, 0.4) is 0 Å². The maximum absolute atomic E-state index is 12.2. The van der Waals surface area contributed by atoms with Crippen molar-refractivity contribution in [3.05, 3.63) is 63.5 Å². The number of benzene rings is 2. The third-order valence-corrected chi connectivity index (χ3v) is 3.74. The van der Waals surface area contributed by atoms with Crippen LogP contribution in [0.2, 0.25) is 0 Å². The van der Waals surface area contributed by atoms with Crippen LogP contribution in [-0.4, -0.2) is 15.8 Å². The molecule has 0 aliphatic rings. The molecule has 2 aromatic carbocycles. The van der Waals surface area contributed by atoms with Gasteiger partial charge in [0.25, 0.3) is 5.69 Å². The summed E-state index contributed by atoms with van der Waals surface area (Å²) in [5, 5.41) is 13.7. The Morgan fingerprint density at radius 2 is 2.08 bits per heavy atom. The molecule has 1 aromatic heterocycles. The van der Waals surface area contributed by atoms with E-state index in [9.17, 15) is 14.9 Å². The number of carbonyl (C=O) groups excluding carboxylic acids is 1. The lowest BCUT2D eigenvalue weighted by atomic mass is 10.0. The number of hydrogen-bond donors (Lipinski definition) is 1. The molecule has 24 heavy (non-hydrogen) atoms. The van der Waals surface area contributed by atoms with E-state index in [0.717, 1.165) is 5.52 Å². The summed E-state index contributed by atoms with van der Waals surface area (Å²) >= 11 is 0. The van der Waals surface area contributed by atoms with E-state index in [2.05, 4.69) is 10.3 Å². The van der Waals surface area contributed by atoms with E-state index >= 15 is 0 Å². The topological polar surface area (TPSA) is 98.3 Å². The van der Waals surface area contributed by atoms with Gasteiger partial charge in [0, 0.05) is 30.3 Å². The van der Waals surface area contributed by atoms with Gasteiger partial charge in [0.2, 0.25) is 5.91 Å². The van der Waals surface area contributed by atoms with Gasteiger partial charge in [-0.25, -0.2) is 4.98 Å². The number of aromatic nitrogens is 1. The molecule has 3 aromatic rings. The first kappa shape index (κ1) is 15.7. The van der Waals surface area contributed by atoms with Crippen LogP contribution in [0.15, 0.2) is 40.8 Å². The maximum Gasteiger partial charge on any atom is 0.272 e. The highest BCUT2D eigenvalue weighted by Crippen LogP contribution is 2.23. The third kappa shape index (κ3) is 3.10. The number of oxazole rings is 1. The number of nitro benzene ring substituents is 1. The molecule has 0 bridgehead atoms. The summed E-state index contributed by atoms with van der Waals surface area (Å²) in [7, 11) is 0. The summed E-state index contributed by atoms with van der Waals surface area (Å²) in [5.41, 5.74) is 3.04. The number of nitro groups is 1. The van der Waals surface area contributed by atoms with Crippen molar-refractivity contribution in [2.45, 2.75) is 20.3 Å². The molecule has 0 atom stereocenters. The summed E-state index contributed by atoms with van der Waals surface area (Å²) in [5.74, 6) is 0.301. The Balaban J connectivity index is 1.77. The molecule has 0 spiro atoms. The van der Waals surface area contributed by atoms with Gasteiger partial charge in [-0.05, 0) is 24.6 Å². The zero-order valence-corrected chi connectivity index (χ0v) is 13.2. The number of rotatable bonds is 4. The normalized spacial score (nSPS) is 10.8. The first-order chi connectivity index (χ1) is 11.4. The molecule has 0 fully saturated rings. The van der Waals surface area contributed by atoms with Crippen LogP contribution < -0.4 is 5.32 Å². The predicted molar refractivity (Wildman–Crippen MR) is 88.9 cm³/mol. The van der Waals surface area contributed by atoms with Crippen molar-refractivity contribution in [3.8, 4) is 0 Å². The molecule has 0 saturated carbocycles. The van der Waals surface area contributed by atoms with E-state index in [4.69, 9.17) is 4.42 Å². The minimum absolute atomic E-state index is 0.0128. The number of anilines is 1. The van der Waals surface area contributed by atoms with Gasteiger partial charge in [-0.2, -0.15) is 0 Å². The van der Waals surface area contributed by atoms with E-state index in [0.29, 0.717) is 28.3 Å². The van der Waals surface area contributed by atoms with Gasteiger partial charge in [-0.15, -0.1) is 0 Å². The van der Waals surface area contributed by atoms with Crippen LogP contribution in [0.5, 0.6) is 0 Å². The van der Waals surface area contributed by atoms with E-state index in [1.807, 2.05) is 0 Å². The van der Waals surface area contributed by atoms with E-state index < -0.39 is 4.92 Å². The number of amides is 1. The molecular formula is C17H15N3O4. The summed E-state index contributed by atoms with van der Waals surface area (Å²) in [6.45, 7) is 3.40. The van der Waals surface area contributed by atoms with Crippen molar-refractivity contribution >= 4 is 28.4 Å². The monoisotopic (exact) mass is 325 g/mol. The van der Waals surface area contributed by atoms with Crippen LogP contribution in [0.1, 0.15) is 17.0 Å². The summed E-state index contributed by atoms with van der Waals surface area (Å²) < 4.78 is 5.43. The minimum atomic E-state index is -0.448. The van der Waals surface area contributed by atoms with Gasteiger partial charge < -0.3 is 9.73 Å². The SMILES string of the molecule is Cc1nc2ccc(NC(=O)Cc3cccc([N+](=O)[O-])c3C)cc2o1. The first-order valence-electron chi connectivity index (χ1n) is 7.34. The number of nitrogens with zero attached hydrogens (tertiary/aromatic N) is 2. The Hall–Kier alpha value is -3.22.